The van der Waals surface area contributed by atoms with Gasteiger partial charge in [0, 0.05) is 19.1 Å². The standard InChI is InChI=1S/C10H15N3O.C3H9N/c1-8(2)12-3-4-13-10(6-12)9(7-14)5-11-13;1-4(2)3/h5,7-8H,3-4,6H2,1-2H3;1-3H3. The van der Waals surface area contributed by atoms with Gasteiger partial charge in [0.25, 0.3) is 0 Å². The Labute approximate surface area is 109 Å². The summed E-state index contributed by atoms with van der Waals surface area (Å²) in [6, 6.07) is 0.526. The van der Waals surface area contributed by atoms with Crippen LogP contribution in [0, 0.1) is 0 Å². The van der Waals surface area contributed by atoms with Gasteiger partial charge in [-0.15, -0.1) is 0 Å². The van der Waals surface area contributed by atoms with Gasteiger partial charge < -0.3 is 4.90 Å². The van der Waals surface area contributed by atoms with Crippen molar-refractivity contribution in [3.63, 3.8) is 0 Å². The molecule has 0 amide bonds. The molecule has 0 atom stereocenters. The Morgan fingerprint density at radius 1 is 1.33 bits per heavy atom. The van der Waals surface area contributed by atoms with Gasteiger partial charge in [0.15, 0.2) is 6.29 Å². The van der Waals surface area contributed by atoms with Crippen molar-refractivity contribution in [2.24, 2.45) is 0 Å². The highest BCUT2D eigenvalue weighted by atomic mass is 16.1. The minimum absolute atomic E-state index is 0.526. The third-order valence-electron chi connectivity index (χ3n) is 2.79. The van der Waals surface area contributed by atoms with Crippen molar-refractivity contribution in [2.45, 2.75) is 33.0 Å². The molecule has 1 aromatic heterocycles. The maximum absolute atomic E-state index is 10.7. The van der Waals surface area contributed by atoms with E-state index in [0.29, 0.717) is 6.04 Å². The van der Waals surface area contributed by atoms with Crippen molar-refractivity contribution in [1.82, 2.24) is 19.6 Å². The van der Waals surface area contributed by atoms with Gasteiger partial charge in [-0.1, -0.05) is 0 Å². The SMILES string of the molecule is CC(C)N1CCn2ncc(C=O)c2C1.CN(C)C. The monoisotopic (exact) mass is 252 g/mol. The molecule has 1 aliphatic heterocycles. The van der Waals surface area contributed by atoms with E-state index in [1.54, 1.807) is 6.20 Å². The molecule has 102 valence electrons. The van der Waals surface area contributed by atoms with Gasteiger partial charge in [-0.3, -0.25) is 14.4 Å². The van der Waals surface area contributed by atoms with Crippen LogP contribution in [0.5, 0.6) is 0 Å². The summed E-state index contributed by atoms with van der Waals surface area (Å²) in [5.74, 6) is 0. The van der Waals surface area contributed by atoms with Crippen molar-refractivity contribution in [3.05, 3.63) is 17.5 Å². The van der Waals surface area contributed by atoms with Gasteiger partial charge in [0.05, 0.1) is 24.0 Å². The largest absolute Gasteiger partial charge is 0.312 e. The van der Waals surface area contributed by atoms with Crippen LogP contribution in [0.4, 0.5) is 0 Å². The molecule has 0 aliphatic carbocycles. The van der Waals surface area contributed by atoms with E-state index in [1.165, 1.54) is 0 Å². The molecule has 5 nitrogen and oxygen atoms in total. The highest BCUT2D eigenvalue weighted by Crippen LogP contribution is 2.16. The lowest BCUT2D eigenvalue weighted by atomic mass is 10.2. The molecule has 0 aromatic carbocycles. The number of carbonyl (C=O) groups is 1. The molecular weight excluding hydrogens is 228 g/mol. The summed E-state index contributed by atoms with van der Waals surface area (Å²) in [6.07, 6.45) is 2.55. The normalized spacial score (nSPS) is 15.3. The second-order valence-electron chi connectivity index (χ2n) is 5.29. The molecule has 0 bridgehead atoms. The summed E-state index contributed by atoms with van der Waals surface area (Å²) in [6.45, 7) is 7.09. The maximum atomic E-state index is 10.7. The van der Waals surface area contributed by atoms with E-state index in [9.17, 15) is 4.79 Å². The second kappa shape index (κ2) is 6.66. The molecule has 2 rings (SSSR count). The fraction of sp³-hybridized carbons (Fsp3) is 0.692. The minimum atomic E-state index is 0.526. The second-order valence-corrected chi connectivity index (χ2v) is 5.29. The number of aldehydes is 1. The van der Waals surface area contributed by atoms with E-state index < -0.39 is 0 Å². The Morgan fingerprint density at radius 3 is 2.44 bits per heavy atom. The van der Waals surface area contributed by atoms with Crippen molar-refractivity contribution >= 4 is 6.29 Å². The number of nitrogens with zero attached hydrogens (tertiary/aromatic N) is 4. The lowest BCUT2D eigenvalue weighted by molar-refractivity contribution is 0.111. The lowest BCUT2D eigenvalue weighted by Crippen LogP contribution is -2.38. The smallest absolute Gasteiger partial charge is 0.153 e. The molecule has 0 fully saturated rings. The predicted molar refractivity (Wildman–Crippen MR) is 72.8 cm³/mol. The Morgan fingerprint density at radius 2 is 1.94 bits per heavy atom. The fourth-order valence-corrected chi connectivity index (χ4v) is 1.82. The molecular formula is C13H24N4O. The number of rotatable bonds is 2. The van der Waals surface area contributed by atoms with Crippen LogP contribution in [0.1, 0.15) is 29.9 Å². The first-order valence-corrected chi connectivity index (χ1v) is 6.30. The molecule has 0 spiro atoms. The fourth-order valence-electron chi connectivity index (χ4n) is 1.82. The first-order chi connectivity index (χ1) is 8.45. The zero-order valence-electron chi connectivity index (χ0n) is 12.1. The van der Waals surface area contributed by atoms with Gasteiger partial charge in [-0.25, -0.2) is 0 Å². The first-order valence-electron chi connectivity index (χ1n) is 6.30. The molecule has 0 radical (unpaired) electrons. The Balaban J connectivity index is 0.000000357. The lowest BCUT2D eigenvalue weighted by Gasteiger charge is -2.31. The maximum Gasteiger partial charge on any atom is 0.153 e. The Bertz CT molecular complexity index is 382. The molecule has 2 heterocycles. The highest BCUT2D eigenvalue weighted by Gasteiger charge is 2.21. The average Bonchev–Trinajstić information content (AvgIpc) is 2.69. The predicted octanol–water partition coefficient (Wildman–Crippen LogP) is 1.10. The number of carbonyl (C=O) groups excluding carboxylic acids is 1. The van der Waals surface area contributed by atoms with Crippen LogP contribution in [0.3, 0.4) is 0 Å². The summed E-state index contributed by atoms with van der Waals surface area (Å²) in [4.78, 5) is 15.1. The summed E-state index contributed by atoms with van der Waals surface area (Å²) in [5.41, 5.74) is 1.79. The molecule has 0 saturated heterocycles. The third-order valence-corrected chi connectivity index (χ3v) is 2.79. The molecule has 0 unspecified atom stereocenters. The Hall–Kier alpha value is -1.20. The van der Waals surface area contributed by atoms with Crippen molar-refractivity contribution in [1.29, 1.82) is 0 Å². The van der Waals surface area contributed by atoms with Crippen LogP contribution in [-0.4, -0.2) is 59.6 Å². The number of fused-ring (bicyclic) bond motifs is 1. The van der Waals surface area contributed by atoms with Crippen LogP contribution in [0.2, 0.25) is 0 Å². The van der Waals surface area contributed by atoms with Crippen molar-refractivity contribution < 1.29 is 4.79 Å². The van der Waals surface area contributed by atoms with Gasteiger partial charge >= 0.3 is 0 Å². The molecule has 1 aliphatic rings. The van der Waals surface area contributed by atoms with Crippen LogP contribution in [0.25, 0.3) is 0 Å². The van der Waals surface area contributed by atoms with Gasteiger partial charge in [-0.2, -0.15) is 5.10 Å². The summed E-state index contributed by atoms with van der Waals surface area (Å²) < 4.78 is 1.93. The zero-order valence-corrected chi connectivity index (χ0v) is 12.1. The molecule has 5 heteroatoms. The Kier molecular flexibility index (Phi) is 5.50. The van der Waals surface area contributed by atoms with E-state index in [4.69, 9.17) is 0 Å². The molecule has 1 aromatic rings. The number of hydrogen-bond donors (Lipinski definition) is 0. The van der Waals surface area contributed by atoms with E-state index in [0.717, 1.165) is 37.2 Å². The van der Waals surface area contributed by atoms with Crippen molar-refractivity contribution in [3.8, 4) is 0 Å². The van der Waals surface area contributed by atoms with Crippen LogP contribution in [0.15, 0.2) is 6.20 Å². The topological polar surface area (TPSA) is 41.4 Å². The van der Waals surface area contributed by atoms with Gasteiger partial charge in [-0.05, 0) is 35.0 Å². The van der Waals surface area contributed by atoms with Crippen LogP contribution in [-0.2, 0) is 13.1 Å². The highest BCUT2D eigenvalue weighted by molar-refractivity contribution is 5.76. The van der Waals surface area contributed by atoms with Crippen LogP contribution >= 0.6 is 0 Å². The summed E-state index contributed by atoms with van der Waals surface area (Å²) in [7, 11) is 6.00. The quantitative estimate of drug-likeness (QED) is 0.739. The van der Waals surface area contributed by atoms with E-state index >= 15 is 0 Å². The zero-order chi connectivity index (χ0) is 13.7. The van der Waals surface area contributed by atoms with Crippen molar-refractivity contribution in [2.75, 3.05) is 27.7 Å². The summed E-state index contributed by atoms with van der Waals surface area (Å²) in [5, 5.41) is 4.18. The molecule has 0 saturated carbocycles. The van der Waals surface area contributed by atoms with Gasteiger partial charge in [0.1, 0.15) is 0 Å². The molecule has 0 N–H and O–H groups in total. The summed E-state index contributed by atoms with van der Waals surface area (Å²) >= 11 is 0. The number of hydrogen-bond acceptors (Lipinski definition) is 4. The van der Waals surface area contributed by atoms with Crippen LogP contribution < -0.4 is 0 Å². The van der Waals surface area contributed by atoms with E-state index in [-0.39, 0.29) is 0 Å². The number of aromatic nitrogens is 2. The van der Waals surface area contributed by atoms with E-state index in [2.05, 4.69) is 23.8 Å². The van der Waals surface area contributed by atoms with E-state index in [1.807, 2.05) is 30.7 Å². The molecule has 18 heavy (non-hydrogen) atoms. The van der Waals surface area contributed by atoms with Gasteiger partial charge in [0.2, 0.25) is 0 Å². The third kappa shape index (κ3) is 3.92. The first kappa shape index (κ1) is 14.9. The minimum Gasteiger partial charge on any atom is -0.312 e. The average molecular weight is 252 g/mol.